The van der Waals surface area contributed by atoms with Crippen LogP contribution in [0.1, 0.15) is 6.92 Å². The normalized spacial score (nSPS) is 11.7. The van der Waals surface area contributed by atoms with Crippen molar-refractivity contribution in [3.8, 4) is 0 Å². The summed E-state index contributed by atoms with van der Waals surface area (Å²) in [7, 11) is 2.76. The van der Waals surface area contributed by atoms with Crippen LogP contribution >= 0.6 is 11.6 Å². The number of halogens is 1. The van der Waals surface area contributed by atoms with E-state index in [0.717, 1.165) is 7.11 Å². The zero-order valence-electron chi connectivity index (χ0n) is 12.6. The van der Waals surface area contributed by atoms with Gasteiger partial charge in [-0.2, -0.15) is 0 Å². The number of anilines is 1. The van der Waals surface area contributed by atoms with Crippen molar-refractivity contribution in [1.82, 2.24) is 10.2 Å². The summed E-state index contributed by atoms with van der Waals surface area (Å²) < 4.78 is 4.34. The molecule has 3 amide bonds. The maximum absolute atomic E-state index is 11.9. The minimum atomic E-state index is -0.837. The van der Waals surface area contributed by atoms with E-state index in [4.69, 9.17) is 11.6 Å². The van der Waals surface area contributed by atoms with Crippen molar-refractivity contribution < 1.29 is 19.1 Å². The lowest BCUT2D eigenvalue weighted by Gasteiger charge is -2.22. The highest BCUT2D eigenvalue weighted by molar-refractivity contribution is 6.30. The van der Waals surface area contributed by atoms with Crippen LogP contribution in [0.3, 0.4) is 0 Å². The molecule has 0 heterocycles. The Labute approximate surface area is 133 Å². The molecule has 0 saturated carbocycles. The summed E-state index contributed by atoms with van der Waals surface area (Å²) in [6.45, 7) is 1.56. The van der Waals surface area contributed by atoms with Gasteiger partial charge in [0, 0.05) is 10.7 Å². The van der Waals surface area contributed by atoms with Gasteiger partial charge in [-0.05, 0) is 38.2 Å². The Morgan fingerprint density at radius 1 is 1.27 bits per heavy atom. The topological polar surface area (TPSA) is 87.7 Å². The SMILES string of the molecule is COC(=O)NC(=O)[C@@H](C)N(C)CC(=O)Nc1ccc(Cl)cc1. The molecule has 0 aliphatic heterocycles. The standard InChI is InChI=1S/C14H18ClN3O4/c1-9(13(20)17-14(21)22-3)18(2)8-12(19)16-11-6-4-10(15)5-7-11/h4-7,9H,8H2,1-3H3,(H,16,19)(H,17,20,21)/t9-/m1/s1. The highest BCUT2D eigenvalue weighted by Crippen LogP contribution is 2.13. The van der Waals surface area contributed by atoms with Crippen molar-refractivity contribution in [3.05, 3.63) is 29.3 Å². The predicted octanol–water partition coefficient (Wildman–Crippen LogP) is 1.48. The van der Waals surface area contributed by atoms with Gasteiger partial charge < -0.3 is 10.1 Å². The third kappa shape index (κ3) is 5.71. The molecule has 0 saturated heterocycles. The highest BCUT2D eigenvalue weighted by Gasteiger charge is 2.22. The quantitative estimate of drug-likeness (QED) is 0.855. The molecular formula is C14H18ClN3O4. The molecule has 1 aromatic rings. The maximum Gasteiger partial charge on any atom is 0.413 e. The van der Waals surface area contributed by atoms with E-state index in [9.17, 15) is 14.4 Å². The Morgan fingerprint density at radius 3 is 2.41 bits per heavy atom. The molecule has 2 N–H and O–H groups in total. The van der Waals surface area contributed by atoms with E-state index in [2.05, 4.69) is 15.4 Å². The average Bonchev–Trinajstić information content (AvgIpc) is 2.48. The van der Waals surface area contributed by atoms with Crippen LogP contribution in [-0.2, 0) is 14.3 Å². The fourth-order valence-corrected chi connectivity index (χ4v) is 1.68. The number of nitrogens with one attached hydrogen (secondary N) is 2. The first-order chi connectivity index (χ1) is 10.3. The molecule has 0 aliphatic rings. The number of imide groups is 1. The number of carbonyl (C=O) groups excluding carboxylic acids is 3. The summed E-state index contributed by atoms with van der Waals surface area (Å²) in [5.74, 6) is -0.837. The van der Waals surface area contributed by atoms with Gasteiger partial charge in [0.25, 0.3) is 0 Å². The monoisotopic (exact) mass is 327 g/mol. The summed E-state index contributed by atoms with van der Waals surface area (Å²) in [6, 6.07) is 6.00. The Kier molecular flexibility index (Phi) is 6.81. The third-order valence-corrected chi connectivity index (χ3v) is 3.22. The number of benzene rings is 1. The minimum absolute atomic E-state index is 0.0155. The fraction of sp³-hybridized carbons (Fsp3) is 0.357. The minimum Gasteiger partial charge on any atom is -0.453 e. The molecule has 0 bridgehead atoms. The Morgan fingerprint density at radius 2 is 1.86 bits per heavy atom. The first-order valence-corrected chi connectivity index (χ1v) is 6.85. The van der Waals surface area contributed by atoms with Crippen molar-refractivity contribution in [2.24, 2.45) is 0 Å². The van der Waals surface area contributed by atoms with Gasteiger partial charge in [0.15, 0.2) is 0 Å². The van der Waals surface area contributed by atoms with Crippen LogP contribution in [0.5, 0.6) is 0 Å². The van der Waals surface area contributed by atoms with Crippen LogP contribution in [0.4, 0.5) is 10.5 Å². The molecule has 7 nitrogen and oxygen atoms in total. The average molecular weight is 328 g/mol. The van der Waals surface area contributed by atoms with E-state index in [-0.39, 0.29) is 12.5 Å². The summed E-state index contributed by atoms with van der Waals surface area (Å²) >= 11 is 5.76. The van der Waals surface area contributed by atoms with Gasteiger partial charge in [-0.25, -0.2) is 4.79 Å². The largest absolute Gasteiger partial charge is 0.453 e. The first kappa shape index (κ1) is 17.9. The lowest BCUT2D eigenvalue weighted by atomic mass is 10.2. The molecule has 1 aromatic carbocycles. The number of rotatable bonds is 5. The lowest BCUT2D eigenvalue weighted by Crippen LogP contribution is -2.47. The number of amides is 3. The zero-order chi connectivity index (χ0) is 16.7. The van der Waals surface area contributed by atoms with Crippen molar-refractivity contribution in [2.45, 2.75) is 13.0 Å². The van der Waals surface area contributed by atoms with Gasteiger partial charge in [0.05, 0.1) is 19.7 Å². The van der Waals surface area contributed by atoms with E-state index < -0.39 is 18.0 Å². The van der Waals surface area contributed by atoms with Gasteiger partial charge in [-0.15, -0.1) is 0 Å². The van der Waals surface area contributed by atoms with Crippen LogP contribution in [0.2, 0.25) is 5.02 Å². The summed E-state index contributed by atoms with van der Waals surface area (Å²) in [6.07, 6.45) is -0.837. The van der Waals surface area contributed by atoms with Crippen LogP contribution in [0.25, 0.3) is 0 Å². The molecule has 8 heteroatoms. The number of methoxy groups -OCH3 is 1. The summed E-state index contributed by atoms with van der Waals surface area (Å²) in [5.41, 5.74) is 0.606. The molecule has 0 radical (unpaired) electrons. The molecule has 0 spiro atoms. The van der Waals surface area contributed by atoms with Gasteiger partial charge in [-0.1, -0.05) is 11.6 Å². The second-order valence-corrected chi connectivity index (χ2v) is 5.06. The van der Waals surface area contributed by atoms with Gasteiger partial charge >= 0.3 is 6.09 Å². The van der Waals surface area contributed by atoms with Crippen molar-refractivity contribution in [1.29, 1.82) is 0 Å². The second-order valence-electron chi connectivity index (χ2n) is 4.63. The molecule has 1 rings (SSSR count). The third-order valence-electron chi connectivity index (χ3n) is 2.97. The number of nitrogens with zero attached hydrogens (tertiary/aromatic N) is 1. The van der Waals surface area contributed by atoms with Gasteiger partial charge in [0.2, 0.25) is 11.8 Å². The highest BCUT2D eigenvalue weighted by atomic mass is 35.5. The smallest absolute Gasteiger partial charge is 0.413 e. The number of ether oxygens (including phenoxy) is 1. The number of hydrogen-bond acceptors (Lipinski definition) is 5. The number of alkyl carbamates (subject to hydrolysis) is 1. The fourth-order valence-electron chi connectivity index (χ4n) is 1.55. The summed E-state index contributed by atoms with van der Waals surface area (Å²) in [5, 5.41) is 5.31. The van der Waals surface area contributed by atoms with E-state index in [1.54, 1.807) is 38.2 Å². The summed E-state index contributed by atoms with van der Waals surface area (Å²) in [4.78, 5) is 36.1. The Bertz CT molecular complexity index is 548. The van der Waals surface area contributed by atoms with Crippen molar-refractivity contribution >= 4 is 35.2 Å². The number of likely N-dealkylation sites (N-methyl/N-ethyl adjacent to an activating group) is 1. The molecule has 0 aromatic heterocycles. The Balaban J connectivity index is 2.50. The molecule has 0 aliphatic carbocycles. The molecule has 1 atom stereocenters. The van der Waals surface area contributed by atoms with Gasteiger partial charge in [0.1, 0.15) is 0 Å². The van der Waals surface area contributed by atoms with Crippen LogP contribution in [0.15, 0.2) is 24.3 Å². The molecule has 22 heavy (non-hydrogen) atoms. The second kappa shape index (κ2) is 8.35. The van der Waals surface area contributed by atoms with E-state index in [1.165, 1.54) is 4.90 Å². The van der Waals surface area contributed by atoms with Gasteiger partial charge in [-0.3, -0.25) is 19.8 Å². The first-order valence-electron chi connectivity index (χ1n) is 6.48. The lowest BCUT2D eigenvalue weighted by molar-refractivity contribution is -0.125. The number of carbonyl (C=O) groups is 3. The van der Waals surface area contributed by atoms with Crippen molar-refractivity contribution in [2.75, 3.05) is 26.0 Å². The molecule has 0 unspecified atom stereocenters. The van der Waals surface area contributed by atoms with E-state index in [0.29, 0.717) is 10.7 Å². The van der Waals surface area contributed by atoms with E-state index in [1.807, 2.05) is 0 Å². The van der Waals surface area contributed by atoms with Crippen LogP contribution in [-0.4, -0.2) is 49.6 Å². The predicted molar refractivity (Wildman–Crippen MR) is 82.7 cm³/mol. The maximum atomic E-state index is 11.9. The molecular weight excluding hydrogens is 310 g/mol. The molecule has 120 valence electrons. The van der Waals surface area contributed by atoms with E-state index >= 15 is 0 Å². The molecule has 0 fully saturated rings. The van der Waals surface area contributed by atoms with Crippen LogP contribution in [0, 0.1) is 0 Å². The van der Waals surface area contributed by atoms with Crippen LogP contribution < -0.4 is 10.6 Å². The van der Waals surface area contributed by atoms with Crippen molar-refractivity contribution in [3.63, 3.8) is 0 Å². The number of hydrogen-bond donors (Lipinski definition) is 2. The Hall–Kier alpha value is -2.12. The zero-order valence-corrected chi connectivity index (χ0v) is 13.3.